The van der Waals surface area contributed by atoms with Crippen molar-refractivity contribution in [1.29, 1.82) is 0 Å². The Morgan fingerprint density at radius 2 is 1.83 bits per heavy atom. The Balaban J connectivity index is 1.56. The van der Waals surface area contributed by atoms with Crippen molar-refractivity contribution in [3.8, 4) is 11.3 Å². The number of nitrogens with two attached hydrogens (primary N) is 1. The van der Waals surface area contributed by atoms with E-state index in [-0.39, 0.29) is 5.56 Å². The van der Waals surface area contributed by atoms with Crippen molar-refractivity contribution in [3.63, 3.8) is 0 Å². The Kier molecular flexibility index (Phi) is 5.08. The van der Waals surface area contributed by atoms with Crippen molar-refractivity contribution in [2.75, 3.05) is 6.54 Å². The van der Waals surface area contributed by atoms with Gasteiger partial charge in [-0.1, -0.05) is 48.5 Å². The SMILES string of the molecule is O=C([O-])c1cccc(-c2ccc(C[NH2+]CCc3ccccc3)o2)c1. The number of aromatic carboxylic acids is 1. The molecule has 0 atom stereocenters. The van der Waals surface area contributed by atoms with E-state index < -0.39 is 5.97 Å². The first-order valence-corrected chi connectivity index (χ1v) is 7.98. The molecule has 3 aromatic rings. The van der Waals surface area contributed by atoms with Crippen LogP contribution < -0.4 is 10.4 Å². The highest BCUT2D eigenvalue weighted by atomic mass is 16.4. The summed E-state index contributed by atoms with van der Waals surface area (Å²) in [4.78, 5) is 10.9. The quantitative estimate of drug-likeness (QED) is 0.672. The molecule has 0 amide bonds. The minimum Gasteiger partial charge on any atom is -0.545 e. The van der Waals surface area contributed by atoms with Crippen LogP contribution in [0.5, 0.6) is 0 Å². The summed E-state index contributed by atoms with van der Waals surface area (Å²) in [6, 6.07) is 20.8. The molecule has 0 bridgehead atoms. The van der Waals surface area contributed by atoms with E-state index in [4.69, 9.17) is 4.42 Å². The number of hydrogen-bond donors (Lipinski definition) is 1. The molecule has 0 saturated carbocycles. The summed E-state index contributed by atoms with van der Waals surface area (Å²) in [5.74, 6) is 0.361. The molecule has 0 aliphatic heterocycles. The predicted molar refractivity (Wildman–Crippen MR) is 89.1 cm³/mol. The maximum atomic E-state index is 10.9. The standard InChI is InChI=1S/C20H19NO3/c22-20(23)17-8-4-7-16(13-17)19-10-9-18(24-19)14-21-12-11-15-5-2-1-3-6-15/h1-10,13,21H,11-12,14H2,(H,22,23). The summed E-state index contributed by atoms with van der Waals surface area (Å²) in [7, 11) is 0. The van der Waals surface area contributed by atoms with Crippen molar-refractivity contribution in [1.82, 2.24) is 0 Å². The monoisotopic (exact) mass is 321 g/mol. The normalized spacial score (nSPS) is 10.7. The number of carbonyl (C=O) groups is 1. The van der Waals surface area contributed by atoms with Gasteiger partial charge in [-0.2, -0.15) is 0 Å². The molecule has 0 aliphatic carbocycles. The number of furan rings is 1. The number of hydrogen-bond acceptors (Lipinski definition) is 3. The molecule has 2 N–H and O–H groups in total. The zero-order chi connectivity index (χ0) is 16.8. The van der Waals surface area contributed by atoms with Crippen LogP contribution in [0.1, 0.15) is 21.7 Å². The van der Waals surface area contributed by atoms with Crippen LogP contribution in [0.25, 0.3) is 11.3 Å². The largest absolute Gasteiger partial charge is 0.545 e. The third-order valence-corrected chi connectivity index (χ3v) is 3.87. The molecule has 0 unspecified atom stereocenters. The van der Waals surface area contributed by atoms with Crippen molar-refractivity contribution in [2.45, 2.75) is 13.0 Å². The van der Waals surface area contributed by atoms with Crippen LogP contribution in [0.2, 0.25) is 0 Å². The summed E-state index contributed by atoms with van der Waals surface area (Å²) >= 11 is 0. The van der Waals surface area contributed by atoms with Crippen molar-refractivity contribution < 1.29 is 19.6 Å². The zero-order valence-electron chi connectivity index (χ0n) is 13.3. The summed E-state index contributed by atoms with van der Waals surface area (Å²) in [6.07, 6.45) is 1.02. The second-order valence-electron chi connectivity index (χ2n) is 5.65. The van der Waals surface area contributed by atoms with Gasteiger partial charge in [-0.25, -0.2) is 0 Å². The van der Waals surface area contributed by atoms with Gasteiger partial charge < -0.3 is 19.6 Å². The number of benzene rings is 2. The van der Waals surface area contributed by atoms with E-state index in [0.717, 1.165) is 30.8 Å². The highest BCUT2D eigenvalue weighted by molar-refractivity contribution is 5.87. The van der Waals surface area contributed by atoms with Gasteiger partial charge in [0.05, 0.1) is 12.5 Å². The molecule has 122 valence electrons. The topological polar surface area (TPSA) is 69.9 Å². The molecular weight excluding hydrogens is 302 g/mol. The van der Waals surface area contributed by atoms with Crippen molar-refractivity contribution in [3.05, 3.63) is 83.6 Å². The first-order valence-electron chi connectivity index (χ1n) is 7.98. The smallest absolute Gasteiger partial charge is 0.158 e. The number of rotatable bonds is 7. The number of carboxylic acids is 1. The summed E-state index contributed by atoms with van der Waals surface area (Å²) in [6.45, 7) is 1.74. The summed E-state index contributed by atoms with van der Waals surface area (Å²) in [5, 5.41) is 13.1. The molecule has 1 aromatic heterocycles. The van der Waals surface area contributed by atoms with Gasteiger partial charge in [0.1, 0.15) is 12.3 Å². The maximum absolute atomic E-state index is 10.9. The van der Waals surface area contributed by atoms with E-state index in [2.05, 4.69) is 29.6 Å². The fourth-order valence-electron chi connectivity index (χ4n) is 2.60. The highest BCUT2D eigenvalue weighted by Gasteiger charge is 2.07. The maximum Gasteiger partial charge on any atom is 0.158 e. The molecule has 3 rings (SSSR count). The zero-order valence-corrected chi connectivity index (χ0v) is 13.3. The third-order valence-electron chi connectivity index (χ3n) is 3.87. The molecule has 0 radical (unpaired) electrons. The van der Waals surface area contributed by atoms with Crippen LogP contribution in [-0.2, 0) is 13.0 Å². The molecule has 0 fully saturated rings. The van der Waals surface area contributed by atoms with Crippen LogP contribution in [0.3, 0.4) is 0 Å². The van der Waals surface area contributed by atoms with Gasteiger partial charge in [0.15, 0.2) is 5.76 Å². The van der Waals surface area contributed by atoms with Crippen LogP contribution in [0, 0.1) is 0 Å². The summed E-state index contributed by atoms with van der Waals surface area (Å²) in [5.41, 5.74) is 2.22. The Morgan fingerprint density at radius 1 is 1.00 bits per heavy atom. The minimum absolute atomic E-state index is 0.153. The molecule has 4 heteroatoms. The molecule has 0 aliphatic rings. The van der Waals surface area contributed by atoms with Crippen LogP contribution in [0.15, 0.2) is 71.1 Å². The lowest BCUT2D eigenvalue weighted by atomic mass is 10.1. The average Bonchev–Trinajstić information content (AvgIpc) is 3.09. The predicted octanol–water partition coefficient (Wildman–Crippen LogP) is 1.62. The Labute approximate surface area is 140 Å². The van der Waals surface area contributed by atoms with Gasteiger partial charge in [-0.15, -0.1) is 0 Å². The van der Waals surface area contributed by atoms with E-state index in [1.54, 1.807) is 12.1 Å². The van der Waals surface area contributed by atoms with Crippen molar-refractivity contribution in [2.24, 2.45) is 0 Å². The Hall–Kier alpha value is -2.85. The second-order valence-corrected chi connectivity index (χ2v) is 5.65. The number of carbonyl (C=O) groups excluding carboxylic acids is 1. The first-order chi connectivity index (χ1) is 11.7. The molecule has 0 spiro atoms. The van der Waals surface area contributed by atoms with Gasteiger partial charge in [0.25, 0.3) is 0 Å². The fourth-order valence-corrected chi connectivity index (χ4v) is 2.60. The van der Waals surface area contributed by atoms with Crippen LogP contribution in [-0.4, -0.2) is 12.5 Å². The van der Waals surface area contributed by atoms with E-state index >= 15 is 0 Å². The van der Waals surface area contributed by atoms with Crippen LogP contribution in [0.4, 0.5) is 0 Å². The molecule has 1 heterocycles. The van der Waals surface area contributed by atoms with Gasteiger partial charge in [0.2, 0.25) is 0 Å². The Morgan fingerprint density at radius 3 is 2.62 bits per heavy atom. The number of carboxylic acid groups (broad SMARTS) is 1. The summed E-state index contributed by atoms with van der Waals surface area (Å²) < 4.78 is 5.81. The first kappa shape index (κ1) is 16.0. The lowest BCUT2D eigenvalue weighted by Crippen LogP contribution is -2.83. The Bertz CT molecular complexity index is 809. The van der Waals surface area contributed by atoms with Gasteiger partial charge in [-0.05, 0) is 29.3 Å². The second kappa shape index (κ2) is 7.62. The van der Waals surface area contributed by atoms with Crippen molar-refractivity contribution >= 4 is 5.97 Å². The van der Waals surface area contributed by atoms with Gasteiger partial charge in [-0.3, -0.25) is 0 Å². The van der Waals surface area contributed by atoms with E-state index in [1.165, 1.54) is 11.6 Å². The van der Waals surface area contributed by atoms with E-state index in [0.29, 0.717) is 5.76 Å². The fraction of sp³-hybridized carbons (Fsp3) is 0.150. The van der Waals surface area contributed by atoms with Gasteiger partial charge >= 0.3 is 0 Å². The number of quaternary nitrogens is 1. The van der Waals surface area contributed by atoms with E-state index in [9.17, 15) is 9.90 Å². The van der Waals surface area contributed by atoms with Crippen LogP contribution >= 0.6 is 0 Å². The highest BCUT2D eigenvalue weighted by Crippen LogP contribution is 2.22. The average molecular weight is 321 g/mol. The molecule has 4 nitrogen and oxygen atoms in total. The molecule has 0 saturated heterocycles. The molecule has 24 heavy (non-hydrogen) atoms. The van der Waals surface area contributed by atoms with Gasteiger partial charge in [0, 0.05) is 12.0 Å². The lowest BCUT2D eigenvalue weighted by Gasteiger charge is -2.04. The molecule has 2 aromatic carbocycles. The third kappa shape index (κ3) is 4.12. The van der Waals surface area contributed by atoms with E-state index in [1.807, 2.05) is 24.3 Å². The minimum atomic E-state index is -1.18. The lowest BCUT2D eigenvalue weighted by molar-refractivity contribution is -0.671. The molecular formula is C20H19NO3.